The number of rotatable bonds is 15. The fraction of sp³-hybridized carbons (Fsp3) is 0.682. The van der Waals surface area contributed by atoms with Crippen molar-refractivity contribution in [1.29, 1.82) is 0 Å². The Bertz CT molecular complexity index is 506. The highest BCUT2D eigenvalue weighted by Gasteiger charge is 2.06. The lowest BCUT2D eigenvalue weighted by atomic mass is 10.0. The number of hydrogen-bond acceptors (Lipinski definition) is 3. The lowest BCUT2D eigenvalue weighted by molar-refractivity contribution is -0.122. The summed E-state index contributed by atoms with van der Waals surface area (Å²) in [5, 5.41) is 0. The first-order valence-electron chi connectivity index (χ1n) is 10.7. The third-order valence-corrected chi connectivity index (χ3v) is 4.77. The molecular weight excluding hydrogens is 338 g/mol. The van der Waals surface area contributed by atoms with Gasteiger partial charge in [-0.1, -0.05) is 84.0 Å². The minimum atomic E-state index is -0.323. The Balaban J connectivity index is 1.86. The number of aromatic nitrogens is 1. The van der Waals surface area contributed by atoms with Gasteiger partial charge < -0.3 is 0 Å². The molecule has 152 valence electrons. The summed E-state index contributed by atoms with van der Waals surface area (Å²) >= 11 is 0. The minimum Gasteiger partial charge on any atom is -0.273 e. The molecule has 5 nitrogen and oxygen atoms in total. The van der Waals surface area contributed by atoms with Crippen LogP contribution in [0, 0.1) is 0 Å². The van der Waals surface area contributed by atoms with Gasteiger partial charge in [0.1, 0.15) is 0 Å². The standard InChI is InChI=1S/C22H37N3O2/c1-2-3-4-5-6-7-8-9-10-11-12-13-14-15-21(26)24-25-22(27)20-16-18-23-19-17-20/h16-19H,2-15H2,1H3,(H,24,26)(H,25,27). The molecule has 2 amide bonds. The molecule has 2 N–H and O–H groups in total. The van der Waals surface area contributed by atoms with E-state index in [1.165, 1.54) is 70.6 Å². The molecule has 0 atom stereocenters. The number of hydrogen-bond donors (Lipinski definition) is 2. The van der Waals surface area contributed by atoms with E-state index in [2.05, 4.69) is 22.8 Å². The molecule has 0 saturated heterocycles. The maximum atomic E-state index is 11.8. The fourth-order valence-corrected chi connectivity index (χ4v) is 3.07. The number of unbranched alkanes of at least 4 members (excludes halogenated alkanes) is 12. The van der Waals surface area contributed by atoms with Crippen LogP contribution in [-0.4, -0.2) is 16.8 Å². The molecule has 0 spiro atoms. The molecule has 1 rings (SSSR count). The van der Waals surface area contributed by atoms with Crippen LogP contribution in [0.15, 0.2) is 24.5 Å². The van der Waals surface area contributed by atoms with E-state index in [0.29, 0.717) is 12.0 Å². The van der Waals surface area contributed by atoms with E-state index < -0.39 is 0 Å². The summed E-state index contributed by atoms with van der Waals surface area (Å²) in [6, 6.07) is 3.21. The quantitative estimate of drug-likeness (QED) is 0.322. The highest BCUT2D eigenvalue weighted by atomic mass is 16.2. The third kappa shape index (κ3) is 13.0. The van der Waals surface area contributed by atoms with Crippen molar-refractivity contribution < 1.29 is 9.59 Å². The first kappa shape index (κ1) is 23.1. The van der Waals surface area contributed by atoms with Crippen molar-refractivity contribution in [2.45, 2.75) is 96.8 Å². The topological polar surface area (TPSA) is 71.1 Å². The zero-order valence-electron chi connectivity index (χ0n) is 17.0. The number of nitrogens with one attached hydrogen (secondary N) is 2. The average Bonchev–Trinajstić information content (AvgIpc) is 2.70. The van der Waals surface area contributed by atoms with Gasteiger partial charge in [-0.3, -0.25) is 25.4 Å². The normalized spacial score (nSPS) is 10.6. The van der Waals surface area contributed by atoms with Crippen LogP contribution in [0.4, 0.5) is 0 Å². The first-order valence-corrected chi connectivity index (χ1v) is 10.7. The summed E-state index contributed by atoms with van der Waals surface area (Å²) in [5.41, 5.74) is 5.37. The molecule has 0 bridgehead atoms. The SMILES string of the molecule is CCCCCCCCCCCCCCCC(=O)NNC(=O)c1ccncc1. The Labute approximate surface area is 164 Å². The summed E-state index contributed by atoms with van der Waals surface area (Å²) in [7, 11) is 0. The summed E-state index contributed by atoms with van der Waals surface area (Å²) in [5.74, 6) is -0.461. The minimum absolute atomic E-state index is 0.138. The predicted octanol–water partition coefficient (Wildman–Crippen LogP) is 5.32. The van der Waals surface area contributed by atoms with E-state index >= 15 is 0 Å². The zero-order chi connectivity index (χ0) is 19.6. The van der Waals surface area contributed by atoms with Crippen molar-refractivity contribution in [3.8, 4) is 0 Å². The Morgan fingerprint density at radius 1 is 0.741 bits per heavy atom. The van der Waals surface area contributed by atoms with Gasteiger partial charge in [0.15, 0.2) is 0 Å². The zero-order valence-corrected chi connectivity index (χ0v) is 17.0. The second-order valence-corrected chi connectivity index (χ2v) is 7.23. The van der Waals surface area contributed by atoms with Gasteiger partial charge in [0.2, 0.25) is 5.91 Å². The maximum absolute atomic E-state index is 11.8. The smallest absolute Gasteiger partial charge is 0.269 e. The second kappa shape index (κ2) is 16.3. The van der Waals surface area contributed by atoms with Gasteiger partial charge in [-0.15, -0.1) is 0 Å². The molecule has 1 heterocycles. The number of carbonyl (C=O) groups is 2. The number of carbonyl (C=O) groups excluding carboxylic acids is 2. The van der Waals surface area contributed by atoms with E-state index in [9.17, 15) is 9.59 Å². The molecule has 5 heteroatoms. The Hall–Kier alpha value is -1.91. The van der Waals surface area contributed by atoms with Crippen LogP contribution in [0.5, 0.6) is 0 Å². The molecule has 1 aromatic rings. The van der Waals surface area contributed by atoms with Gasteiger partial charge in [-0.05, 0) is 18.6 Å². The largest absolute Gasteiger partial charge is 0.273 e. The van der Waals surface area contributed by atoms with Gasteiger partial charge in [-0.25, -0.2) is 0 Å². The summed E-state index contributed by atoms with van der Waals surface area (Å²) in [6.07, 6.45) is 20.2. The summed E-state index contributed by atoms with van der Waals surface area (Å²) < 4.78 is 0. The van der Waals surface area contributed by atoms with Gasteiger partial charge in [0.05, 0.1) is 0 Å². The van der Waals surface area contributed by atoms with E-state index in [4.69, 9.17) is 0 Å². The van der Waals surface area contributed by atoms with Gasteiger partial charge in [0.25, 0.3) is 5.91 Å². The Morgan fingerprint density at radius 2 is 1.22 bits per heavy atom. The van der Waals surface area contributed by atoms with Crippen molar-refractivity contribution in [1.82, 2.24) is 15.8 Å². The first-order chi connectivity index (χ1) is 13.2. The highest BCUT2D eigenvalue weighted by molar-refractivity contribution is 5.95. The number of amides is 2. The van der Waals surface area contributed by atoms with Crippen LogP contribution in [0.2, 0.25) is 0 Å². The van der Waals surface area contributed by atoms with Gasteiger partial charge >= 0.3 is 0 Å². The molecule has 0 aliphatic carbocycles. The highest BCUT2D eigenvalue weighted by Crippen LogP contribution is 2.12. The summed E-state index contributed by atoms with van der Waals surface area (Å²) in [4.78, 5) is 27.4. The molecule has 0 aliphatic rings. The molecule has 0 aromatic carbocycles. The lowest BCUT2D eigenvalue weighted by Crippen LogP contribution is -2.41. The molecule has 0 aliphatic heterocycles. The van der Waals surface area contributed by atoms with E-state index in [1.807, 2.05) is 0 Å². The van der Waals surface area contributed by atoms with Gasteiger partial charge in [-0.2, -0.15) is 0 Å². The number of hydrazine groups is 1. The van der Waals surface area contributed by atoms with Crippen molar-refractivity contribution >= 4 is 11.8 Å². The molecule has 0 unspecified atom stereocenters. The Morgan fingerprint density at radius 3 is 1.74 bits per heavy atom. The van der Waals surface area contributed by atoms with Crippen molar-refractivity contribution in [2.75, 3.05) is 0 Å². The van der Waals surface area contributed by atoms with Crippen LogP contribution in [0.3, 0.4) is 0 Å². The van der Waals surface area contributed by atoms with Crippen LogP contribution < -0.4 is 10.9 Å². The van der Waals surface area contributed by atoms with Crippen LogP contribution >= 0.6 is 0 Å². The molecule has 0 fully saturated rings. The van der Waals surface area contributed by atoms with Crippen LogP contribution in [-0.2, 0) is 4.79 Å². The van der Waals surface area contributed by atoms with Crippen LogP contribution in [0.25, 0.3) is 0 Å². The molecule has 1 aromatic heterocycles. The van der Waals surface area contributed by atoms with E-state index in [1.54, 1.807) is 24.5 Å². The molecule has 0 radical (unpaired) electrons. The third-order valence-electron chi connectivity index (χ3n) is 4.77. The molecule has 27 heavy (non-hydrogen) atoms. The van der Waals surface area contributed by atoms with Crippen LogP contribution in [0.1, 0.15) is 107 Å². The monoisotopic (exact) mass is 375 g/mol. The Kier molecular flexibility index (Phi) is 13.9. The number of pyridine rings is 1. The lowest BCUT2D eigenvalue weighted by Gasteiger charge is -2.07. The molecule has 0 saturated carbocycles. The molecular formula is C22H37N3O2. The van der Waals surface area contributed by atoms with Gasteiger partial charge in [0, 0.05) is 24.4 Å². The number of nitrogens with zero attached hydrogens (tertiary/aromatic N) is 1. The van der Waals surface area contributed by atoms with Crippen molar-refractivity contribution in [3.05, 3.63) is 30.1 Å². The van der Waals surface area contributed by atoms with Crippen molar-refractivity contribution in [2.24, 2.45) is 0 Å². The maximum Gasteiger partial charge on any atom is 0.269 e. The van der Waals surface area contributed by atoms with E-state index in [0.717, 1.165) is 12.8 Å². The van der Waals surface area contributed by atoms with Crippen molar-refractivity contribution in [3.63, 3.8) is 0 Å². The van der Waals surface area contributed by atoms with E-state index in [-0.39, 0.29) is 11.8 Å². The fourth-order valence-electron chi connectivity index (χ4n) is 3.07. The average molecular weight is 376 g/mol. The summed E-state index contributed by atoms with van der Waals surface area (Å²) in [6.45, 7) is 2.26. The second-order valence-electron chi connectivity index (χ2n) is 7.23. The predicted molar refractivity (Wildman–Crippen MR) is 110 cm³/mol.